The molecule has 2 aliphatic rings. The molecule has 0 saturated carbocycles. The molecule has 1 aromatic carbocycles. The molecule has 2 aromatic rings. The molecule has 1 aromatic heterocycles. The quantitative estimate of drug-likeness (QED) is 0.892. The summed E-state index contributed by atoms with van der Waals surface area (Å²) in [7, 11) is 0. The molecule has 3 heterocycles. The Morgan fingerprint density at radius 3 is 2.81 bits per heavy atom. The van der Waals surface area contributed by atoms with Gasteiger partial charge in [0, 0.05) is 44.7 Å². The average molecular weight is 370 g/mol. The van der Waals surface area contributed by atoms with E-state index in [1.165, 1.54) is 6.07 Å². The molecule has 144 valence electrons. The zero-order valence-corrected chi connectivity index (χ0v) is 15.8. The van der Waals surface area contributed by atoms with Crippen molar-refractivity contribution in [1.29, 1.82) is 0 Å². The second-order valence-electron chi connectivity index (χ2n) is 7.78. The van der Waals surface area contributed by atoms with Crippen LogP contribution in [0.3, 0.4) is 0 Å². The Labute approximate surface area is 160 Å². The van der Waals surface area contributed by atoms with Gasteiger partial charge < -0.3 is 10.1 Å². The van der Waals surface area contributed by atoms with Crippen LogP contribution in [0, 0.1) is 12.7 Å². The minimum Gasteiger partial charge on any atom is -0.375 e. The number of nitrogens with zero attached hydrogens (tertiary/aromatic N) is 3. The molecule has 1 atom stereocenters. The Hall–Kier alpha value is -2.05. The summed E-state index contributed by atoms with van der Waals surface area (Å²) in [5, 5.41) is 3.46. The molecule has 0 radical (unpaired) electrons. The highest BCUT2D eigenvalue weighted by atomic mass is 19.1. The van der Waals surface area contributed by atoms with Crippen LogP contribution in [0.1, 0.15) is 36.8 Å². The molecule has 2 saturated heterocycles. The van der Waals surface area contributed by atoms with Crippen molar-refractivity contribution in [2.45, 2.75) is 50.8 Å². The number of nitrogens with one attached hydrogen (secondary N) is 1. The summed E-state index contributed by atoms with van der Waals surface area (Å²) in [4.78, 5) is 11.0. The summed E-state index contributed by atoms with van der Waals surface area (Å²) in [6, 6.07) is 7.23. The Kier molecular flexibility index (Phi) is 5.36. The van der Waals surface area contributed by atoms with Gasteiger partial charge in [-0.1, -0.05) is 6.07 Å². The van der Waals surface area contributed by atoms with Crippen LogP contribution >= 0.6 is 0 Å². The maximum atomic E-state index is 13.6. The molecule has 1 spiro atoms. The van der Waals surface area contributed by atoms with Gasteiger partial charge in [-0.3, -0.25) is 4.90 Å². The number of hydrogen-bond donors (Lipinski definition) is 1. The van der Waals surface area contributed by atoms with E-state index >= 15 is 0 Å². The van der Waals surface area contributed by atoms with E-state index in [1.54, 1.807) is 18.5 Å². The van der Waals surface area contributed by atoms with E-state index in [-0.39, 0.29) is 11.4 Å². The minimum absolute atomic E-state index is 0.0574. The molecular formula is C21H27FN4O. The Morgan fingerprint density at radius 2 is 2.04 bits per heavy atom. The number of anilines is 1. The van der Waals surface area contributed by atoms with Crippen molar-refractivity contribution < 1.29 is 9.13 Å². The lowest BCUT2D eigenvalue weighted by Gasteiger charge is -2.46. The smallest absolute Gasteiger partial charge is 0.222 e. The second-order valence-corrected chi connectivity index (χ2v) is 7.78. The van der Waals surface area contributed by atoms with E-state index in [0.29, 0.717) is 12.0 Å². The van der Waals surface area contributed by atoms with Gasteiger partial charge in [-0.15, -0.1) is 0 Å². The first-order chi connectivity index (χ1) is 13.1. The van der Waals surface area contributed by atoms with Crippen LogP contribution in [-0.2, 0) is 11.3 Å². The number of hydrogen-bond acceptors (Lipinski definition) is 5. The molecule has 2 aliphatic heterocycles. The van der Waals surface area contributed by atoms with Crippen molar-refractivity contribution >= 4 is 5.95 Å². The first-order valence-electron chi connectivity index (χ1n) is 9.77. The predicted molar refractivity (Wildman–Crippen MR) is 103 cm³/mol. The molecule has 2 fully saturated rings. The minimum atomic E-state index is -0.156. The molecular weight excluding hydrogens is 343 g/mol. The van der Waals surface area contributed by atoms with Crippen LogP contribution in [-0.4, -0.2) is 46.2 Å². The Balaban J connectivity index is 1.34. The maximum Gasteiger partial charge on any atom is 0.222 e. The van der Waals surface area contributed by atoms with Gasteiger partial charge in [0.1, 0.15) is 5.82 Å². The molecule has 0 amide bonds. The van der Waals surface area contributed by atoms with Gasteiger partial charge in [-0.05, 0) is 61.9 Å². The van der Waals surface area contributed by atoms with Crippen LogP contribution < -0.4 is 5.32 Å². The third-order valence-electron chi connectivity index (χ3n) is 5.86. The third kappa shape index (κ3) is 4.45. The second kappa shape index (κ2) is 7.90. The van der Waals surface area contributed by atoms with E-state index in [2.05, 4.69) is 20.2 Å². The van der Waals surface area contributed by atoms with Crippen molar-refractivity contribution in [3.63, 3.8) is 0 Å². The fourth-order valence-corrected chi connectivity index (χ4v) is 4.23. The monoisotopic (exact) mass is 370 g/mol. The number of ether oxygens (including phenoxy) is 1. The van der Waals surface area contributed by atoms with E-state index in [0.717, 1.165) is 63.1 Å². The predicted octanol–water partition coefficient (Wildman–Crippen LogP) is 3.55. The highest BCUT2D eigenvalue weighted by Gasteiger charge is 2.40. The zero-order valence-electron chi connectivity index (χ0n) is 15.8. The van der Waals surface area contributed by atoms with Gasteiger partial charge in [0.25, 0.3) is 0 Å². The van der Waals surface area contributed by atoms with Gasteiger partial charge in [0.15, 0.2) is 0 Å². The average Bonchev–Trinajstić information content (AvgIpc) is 2.68. The molecule has 27 heavy (non-hydrogen) atoms. The number of likely N-dealkylation sites (tertiary alicyclic amines) is 1. The first-order valence-corrected chi connectivity index (χ1v) is 9.77. The highest BCUT2D eigenvalue weighted by Crippen LogP contribution is 2.36. The third-order valence-corrected chi connectivity index (χ3v) is 5.86. The van der Waals surface area contributed by atoms with Gasteiger partial charge in [-0.2, -0.15) is 0 Å². The summed E-state index contributed by atoms with van der Waals surface area (Å²) < 4.78 is 19.8. The Bertz CT molecular complexity index is 762. The lowest BCUT2D eigenvalue weighted by Crippen LogP contribution is -2.51. The van der Waals surface area contributed by atoms with E-state index in [4.69, 9.17) is 4.74 Å². The molecule has 1 N–H and O–H groups in total. The summed E-state index contributed by atoms with van der Waals surface area (Å²) >= 11 is 0. The molecule has 0 unspecified atom stereocenters. The van der Waals surface area contributed by atoms with E-state index in [1.807, 2.05) is 19.1 Å². The fraction of sp³-hybridized carbons (Fsp3) is 0.524. The lowest BCUT2D eigenvalue weighted by atomic mass is 9.82. The van der Waals surface area contributed by atoms with Crippen LogP contribution in [0.25, 0.3) is 0 Å². The SMILES string of the molecule is Cc1ccc(F)cc1CN1CCC2(CC1)C[C@H](Nc1ncccn1)CCO2. The summed E-state index contributed by atoms with van der Waals surface area (Å²) in [5.74, 6) is 0.537. The van der Waals surface area contributed by atoms with Gasteiger partial charge >= 0.3 is 0 Å². The lowest BCUT2D eigenvalue weighted by molar-refractivity contribution is -0.115. The van der Waals surface area contributed by atoms with Crippen molar-refractivity contribution in [1.82, 2.24) is 14.9 Å². The standard InChI is InChI=1S/C21H27FN4O/c1-16-3-4-18(22)13-17(16)15-26-10-6-21(7-11-26)14-19(5-12-27-21)25-20-23-8-2-9-24-20/h2-4,8-9,13,19H,5-7,10-12,14-15H2,1H3,(H,23,24,25)/t19-/m1/s1. The van der Waals surface area contributed by atoms with Gasteiger partial charge in [-0.25, -0.2) is 14.4 Å². The number of piperidine rings is 1. The molecule has 4 rings (SSSR count). The number of benzene rings is 1. The first kappa shape index (κ1) is 18.3. The molecule has 0 bridgehead atoms. The highest BCUT2D eigenvalue weighted by molar-refractivity contribution is 5.27. The van der Waals surface area contributed by atoms with Crippen molar-refractivity contribution in [3.05, 3.63) is 53.6 Å². The number of aromatic nitrogens is 2. The fourth-order valence-electron chi connectivity index (χ4n) is 4.23. The van der Waals surface area contributed by atoms with Gasteiger partial charge in [0.2, 0.25) is 5.95 Å². The van der Waals surface area contributed by atoms with E-state index < -0.39 is 0 Å². The number of rotatable bonds is 4. The Morgan fingerprint density at radius 1 is 1.26 bits per heavy atom. The van der Waals surface area contributed by atoms with Crippen LogP contribution in [0.4, 0.5) is 10.3 Å². The summed E-state index contributed by atoms with van der Waals surface area (Å²) in [6.07, 6.45) is 7.50. The van der Waals surface area contributed by atoms with Crippen molar-refractivity contribution in [3.8, 4) is 0 Å². The van der Waals surface area contributed by atoms with E-state index in [9.17, 15) is 4.39 Å². The van der Waals surface area contributed by atoms with Crippen LogP contribution in [0.15, 0.2) is 36.7 Å². The van der Waals surface area contributed by atoms with Gasteiger partial charge in [0.05, 0.1) is 5.60 Å². The summed E-state index contributed by atoms with van der Waals surface area (Å²) in [6.45, 7) is 5.58. The van der Waals surface area contributed by atoms with Crippen LogP contribution in [0.5, 0.6) is 0 Å². The van der Waals surface area contributed by atoms with Crippen molar-refractivity contribution in [2.75, 3.05) is 25.0 Å². The molecule has 0 aliphatic carbocycles. The zero-order chi connectivity index (χ0) is 18.7. The summed E-state index contributed by atoms with van der Waals surface area (Å²) in [5.41, 5.74) is 2.17. The normalized spacial score (nSPS) is 22.7. The number of halogens is 1. The van der Waals surface area contributed by atoms with Crippen LogP contribution in [0.2, 0.25) is 0 Å². The topological polar surface area (TPSA) is 50.3 Å². The molecule has 6 heteroatoms. The largest absolute Gasteiger partial charge is 0.375 e. The number of aryl methyl sites for hydroxylation is 1. The van der Waals surface area contributed by atoms with Crippen molar-refractivity contribution in [2.24, 2.45) is 0 Å². The maximum absolute atomic E-state index is 13.6. The molecule has 5 nitrogen and oxygen atoms in total.